The minimum atomic E-state index is -0.479. The Morgan fingerprint density at radius 2 is 0.714 bits per heavy atom. The number of aliphatic hydroxyl groups excluding tert-OH is 2. The molecule has 2 aliphatic rings. The molecule has 0 saturated carbocycles. The molecule has 2 fully saturated rings. The predicted molar refractivity (Wildman–Crippen MR) is 554 cm³/mol. The first-order valence-electron chi connectivity index (χ1n) is 44.4. The number of halogens is 7. The van der Waals surface area contributed by atoms with E-state index in [9.17, 15) is 33.5 Å². The number of rotatable bonds is 24. The van der Waals surface area contributed by atoms with Crippen molar-refractivity contribution in [3.8, 4) is 62.0 Å². The lowest BCUT2D eigenvalue weighted by Crippen LogP contribution is -2.47. The predicted octanol–water partition coefficient (Wildman–Crippen LogP) is 21.2. The van der Waals surface area contributed by atoms with E-state index in [1.54, 1.807) is 183 Å². The number of hydrogen-bond acceptors (Lipinski definition) is 22. The Kier molecular flexibility index (Phi) is 36.1. The number of nitrogens with zero attached hydrogens (tertiary/aromatic N) is 15. The fourth-order valence-corrected chi connectivity index (χ4v) is 15.7. The first kappa shape index (κ1) is 101. The smallest absolute Gasteiger partial charge is 0.259 e. The maximum atomic E-state index is 13.2. The van der Waals surface area contributed by atoms with E-state index in [1.807, 2.05) is 121 Å². The summed E-state index contributed by atoms with van der Waals surface area (Å²) in [6.45, 7) is 15.4. The van der Waals surface area contributed by atoms with E-state index in [4.69, 9.17) is 74.7 Å². The van der Waals surface area contributed by atoms with Crippen LogP contribution in [0.3, 0.4) is 0 Å². The van der Waals surface area contributed by atoms with Gasteiger partial charge in [0.15, 0.2) is 0 Å². The maximum Gasteiger partial charge on any atom is 0.259 e. The van der Waals surface area contributed by atoms with Crippen LogP contribution in [0.2, 0.25) is 30.3 Å². The highest BCUT2D eigenvalue weighted by Gasteiger charge is 2.24. The molecular formula is C105H94Cl6FN21O7. The number of benzene rings is 6. The average Bonchev–Trinajstić information content (AvgIpc) is 1.63. The van der Waals surface area contributed by atoms with Crippen molar-refractivity contribution < 1.29 is 38.6 Å². The molecule has 710 valence electrons. The van der Waals surface area contributed by atoms with Gasteiger partial charge < -0.3 is 56.8 Å². The second-order valence-corrected chi connectivity index (χ2v) is 34.1. The molecule has 18 rings (SSSR count). The van der Waals surface area contributed by atoms with Crippen molar-refractivity contribution in [3.63, 3.8) is 0 Å². The van der Waals surface area contributed by atoms with Crippen LogP contribution in [0.5, 0.6) is 0 Å². The fourth-order valence-electron chi connectivity index (χ4n) is 14.5. The van der Waals surface area contributed by atoms with Gasteiger partial charge in [-0.15, -0.1) is 0 Å². The van der Waals surface area contributed by atoms with Crippen LogP contribution in [0.4, 0.5) is 50.3 Å². The van der Waals surface area contributed by atoms with E-state index < -0.39 is 6.10 Å². The van der Waals surface area contributed by atoms with E-state index in [0.29, 0.717) is 123 Å². The first-order valence-corrected chi connectivity index (χ1v) is 46.6. The molecular weight excluding hydrogens is 1900 g/mol. The second-order valence-electron chi connectivity index (χ2n) is 31.7. The summed E-state index contributed by atoms with van der Waals surface area (Å²) in [5.74, 6) is 0.724. The van der Waals surface area contributed by atoms with Crippen LogP contribution >= 0.6 is 69.6 Å². The van der Waals surface area contributed by atoms with Crippen molar-refractivity contribution in [3.05, 3.63) is 386 Å². The average molecular weight is 1990 g/mol. The van der Waals surface area contributed by atoms with Gasteiger partial charge in [-0.1, -0.05) is 107 Å². The number of β-amino-alcohol motifs (C(OH)–C–C–N with tert-alkyl or cyclic N) is 1. The van der Waals surface area contributed by atoms with Gasteiger partial charge in [-0.2, -0.15) is 5.10 Å². The van der Waals surface area contributed by atoms with Gasteiger partial charge in [0.05, 0.1) is 112 Å². The van der Waals surface area contributed by atoms with E-state index in [-0.39, 0.29) is 42.0 Å². The Labute approximate surface area is 837 Å². The van der Waals surface area contributed by atoms with Gasteiger partial charge in [-0.3, -0.25) is 53.8 Å². The fraction of sp³-hybridized carbons (Fsp3) is 0.152. The van der Waals surface area contributed by atoms with E-state index in [2.05, 4.69) is 108 Å². The van der Waals surface area contributed by atoms with Gasteiger partial charge in [0, 0.05) is 177 Å². The third kappa shape index (κ3) is 28.2. The molecule has 2 saturated heterocycles. The van der Waals surface area contributed by atoms with Crippen molar-refractivity contribution >= 4 is 145 Å². The van der Waals surface area contributed by atoms with Gasteiger partial charge in [-0.05, 0) is 245 Å². The summed E-state index contributed by atoms with van der Waals surface area (Å²) in [6, 6.07) is 74.2. The Hall–Kier alpha value is -14.9. The van der Waals surface area contributed by atoms with Crippen molar-refractivity contribution in [2.45, 2.75) is 26.9 Å². The Bertz CT molecular complexity index is 6860. The van der Waals surface area contributed by atoms with Gasteiger partial charge >= 0.3 is 0 Å². The van der Waals surface area contributed by atoms with Crippen LogP contribution in [0, 0.1) is 12.7 Å². The van der Waals surface area contributed by atoms with Gasteiger partial charge in [0.1, 0.15) is 28.4 Å². The van der Waals surface area contributed by atoms with E-state index >= 15 is 0 Å². The third-order valence-electron chi connectivity index (χ3n) is 22.0. The quantitative estimate of drug-likeness (QED) is 0.0261. The number of carbonyl (C=O) groups excluding carboxylic acids is 5. The van der Waals surface area contributed by atoms with Crippen molar-refractivity contribution in [2.24, 2.45) is 0 Å². The summed E-state index contributed by atoms with van der Waals surface area (Å²) in [6.07, 6.45) is 15.6. The van der Waals surface area contributed by atoms with Crippen LogP contribution in [-0.4, -0.2) is 189 Å². The molecule has 2 aliphatic heterocycles. The Balaban J connectivity index is 0.000000140. The second kappa shape index (κ2) is 49.9. The van der Waals surface area contributed by atoms with Crippen LogP contribution in [0.1, 0.15) is 71.3 Å². The van der Waals surface area contributed by atoms with Crippen LogP contribution in [0.25, 0.3) is 62.0 Å². The molecule has 0 aliphatic carbocycles. The number of carbonyl (C=O) groups is 5. The molecule has 10 aromatic heterocycles. The largest absolute Gasteiger partial charge is 0.395 e. The van der Waals surface area contributed by atoms with Crippen molar-refractivity contribution in [2.75, 3.05) is 120 Å². The molecule has 1 atom stereocenters. The summed E-state index contributed by atoms with van der Waals surface area (Å²) in [5.41, 5.74) is 14.1. The molecule has 5 amide bonds. The zero-order valence-electron chi connectivity index (χ0n) is 75.9. The molecule has 16 aromatic rings. The van der Waals surface area contributed by atoms with Gasteiger partial charge in [0.25, 0.3) is 29.5 Å². The first-order chi connectivity index (χ1) is 68.0. The molecule has 0 radical (unpaired) electrons. The highest BCUT2D eigenvalue weighted by atomic mass is 35.5. The van der Waals surface area contributed by atoms with Crippen molar-refractivity contribution in [1.82, 2.24) is 64.4 Å². The number of anilines is 8. The number of aliphatic hydroxyl groups is 2. The molecule has 0 spiro atoms. The summed E-state index contributed by atoms with van der Waals surface area (Å²) >= 11 is 37.2. The standard InChI is InChI=1S/C23H24ClN5O2.C23H24ClN5O.C22H16ClFN4O.C20H19ClN4O2.C17H11Cl2N3O/c24-20-6-5-18(15-19(20)21-3-1-2-8-25-21)27-23(31)17-4-7-22(26-16-17)29-11-9-28(10-12-29)13-14-30;1-2-28-11-13-29(14-12-28)22-9-6-17(16-26-22)23(30)27-18-7-8-20(24)19(15-18)21-5-3-4-10-25-21;1-14-19(13-26-28(14)17-8-5-15(24)6-9-17)22(29)27-16-7-10-20(23)18(12-16)21-4-2-3-11-25-21;1-13(26)11-23-19-8-5-14(12-24-19)20(27)25-15-6-7-17(21)16(10-15)18-4-2-3-9-22-18;18-14-6-5-12(9-13(14)15-3-1-2-8-20-15)22-17(23)11-4-7-16(19)21-10-11/h1-8,15-16,30H,9-14H2,(H,27,31);3-10,15-16H,2,11-14H2,1H3,(H,27,30);2-13H,1H3,(H,27,29);2-10,12-13,26H,11H2,1H3,(H,23,24)(H,25,27);1-10H,(H,22,23)/t;;;13-;/m...1./s1. The number of pyridine rings is 9. The van der Waals surface area contributed by atoms with E-state index in [1.165, 1.54) is 30.7 Å². The lowest BCUT2D eigenvalue weighted by molar-refractivity contribution is 0.101. The van der Waals surface area contributed by atoms with Crippen LogP contribution in [0.15, 0.2) is 317 Å². The number of nitrogens with one attached hydrogen (secondary N) is 6. The molecule has 12 heterocycles. The third-order valence-corrected chi connectivity index (χ3v) is 23.9. The monoisotopic (exact) mass is 1990 g/mol. The number of likely N-dealkylation sites (N-methyl/N-ethyl adjacent to an activating group) is 1. The maximum absolute atomic E-state index is 13.2. The Morgan fingerprint density at radius 3 is 1.01 bits per heavy atom. The van der Waals surface area contributed by atoms with Crippen LogP contribution < -0.4 is 41.7 Å². The molecule has 35 heteroatoms. The molecule has 0 unspecified atom stereocenters. The topological polar surface area (TPSA) is 345 Å². The minimum absolute atomic E-state index is 0.180. The zero-order chi connectivity index (χ0) is 98.4. The number of amides is 5. The zero-order valence-corrected chi connectivity index (χ0v) is 80.4. The highest BCUT2D eigenvalue weighted by molar-refractivity contribution is 6.35. The van der Waals surface area contributed by atoms with Gasteiger partial charge in [0.2, 0.25) is 0 Å². The number of piperazine rings is 2. The molecule has 0 bridgehead atoms. The summed E-state index contributed by atoms with van der Waals surface area (Å²) in [4.78, 5) is 111. The minimum Gasteiger partial charge on any atom is -0.395 e. The normalized spacial score (nSPS) is 12.5. The van der Waals surface area contributed by atoms with Crippen molar-refractivity contribution in [1.29, 1.82) is 0 Å². The lowest BCUT2D eigenvalue weighted by Gasteiger charge is -2.35. The highest BCUT2D eigenvalue weighted by Crippen LogP contribution is 2.36. The summed E-state index contributed by atoms with van der Waals surface area (Å²) in [7, 11) is 0. The molecule has 28 nitrogen and oxygen atoms in total. The summed E-state index contributed by atoms with van der Waals surface area (Å²) < 4.78 is 14.7. The molecule has 140 heavy (non-hydrogen) atoms. The molecule has 6 aromatic carbocycles. The Morgan fingerprint density at radius 1 is 0.379 bits per heavy atom. The van der Waals surface area contributed by atoms with E-state index in [0.717, 1.165) is 121 Å². The van der Waals surface area contributed by atoms with Crippen LogP contribution in [-0.2, 0) is 0 Å². The number of hydrogen-bond donors (Lipinski definition) is 8. The molecule has 8 N–H and O–H groups in total. The lowest BCUT2D eigenvalue weighted by atomic mass is 10.1. The SMILES string of the molecule is CCN1CCN(c2ccc(C(=O)Nc3ccc(Cl)c(-c4ccccn4)c3)cn2)CC1.C[C@@H](O)CNc1ccc(C(=O)Nc2ccc(Cl)c(-c3ccccn3)c2)cn1.Cc1c(C(=O)Nc2ccc(Cl)c(-c3ccccn3)c2)cnn1-c1ccc(F)cc1.O=C(Nc1ccc(Cl)c(-c2ccccn2)c1)c1ccc(Cl)nc1.O=C(Nc1ccc(Cl)c(-c2ccccn2)c1)c1ccc(N2CCN(CCO)CC2)nc1. The number of aromatic nitrogens is 11. The van der Waals surface area contributed by atoms with Gasteiger partial charge in [-0.25, -0.2) is 29.0 Å². The summed E-state index contributed by atoms with van der Waals surface area (Å²) in [5, 5.41) is 43.1.